The highest BCUT2D eigenvalue weighted by molar-refractivity contribution is 5.71. The van der Waals surface area contributed by atoms with Crippen molar-refractivity contribution in [2.24, 2.45) is 5.92 Å². The van der Waals surface area contributed by atoms with E-state index in [0.29, 0.717) is 19.6 Å². The molecule has 0 spiro atoms. The molecule has 2 N–H and O–H groups in total. The summed E-state index contributed by atoms with van der Waals surface area (Å²) in [5.41, 5.74) is 1.48. The third-order valence-electron chi connectivity index (χ3n) is 4.18. The number of phenolic OH excluding ortho intramolecular Hbond substituents is 1. The van der Waals surface area contributed by atoms with Gasteiger partial charge in [-0.1, -0.05) is 6.07 Å². The summed E-state index contributed by atoms with van der Waals surface area (Å²) < 4.78 is 10.3. The van der Waals surface area contributed by atoms with E-state index in [2.05, 4.69) is 5.32 Å². The summed E-state index contributed by atoms with van der Waals surface area (Å²) in [4.78, 5) is 23.9. The van der Waals surface area contributed by atoms with Gasteiger partial charge in [-0.25, -0.2) is 4.79 Å². The summed E-state index contributed by atoms with van der Waals surface area (Å²) in [6.45, 7) is 7.95. The first-order valence-electron chi connectivity index (χ1n) is 8.64. The molecular weight excluding hydrogens is 322 g/mol. The predicted octanol–water partition coefficient (Wildman–Crippen LogP) is 3.13. The highest BCUT2D eigenvalue weighted by atomic mass is 16.6. The molecule has 25 heavy (non-hydrogen) atoms. The van der Waals surface area contributed by atoms with Gasteiger partial charge in [-0.15, -0.1) is 0 Å². The molecule has 0 radical (unpaired) electrons. The lowest BCUT2D eigenvalue weighted by molar-refractivity contribution is -0.143. The van der Waals surface area contributed by atoms with Crippen molar-refractivity contribution in [3.05, 3.63) is 29.3 Å². The Balaban J connectivity index is 2.07. The van der Waals surface area contributed by atoms with Crippen LogP contribution in [-0.2, 0) is 20.7 Å². The fourth-order valence-electron chi connectivity index (χ4n) is 3.23. The zero-order valence-electron chi connectivity index (χ0n) is 15.3. The largest absolute Gasteiger partial charge is 0.508 e. The fourth-order valence-corrected chi connectivity index (χ4v) is 3.23. The van der Waals surface area contributed by atoms with E-state index in [0.717, 1.165) is 11.1 Å². The minimum Gasteiger partial charge on any atom is -0.508 e. The van der Waals surface area contributed by atoms with Crippen molar-refractivity contribution in [1.29, 1.82) is 0 Å². The summed E-state index contributed by atoms with van der Waals surface area (Å²) in [5.74, 6) is -0.0524. The van der Waals surface area contributed by atoms with Gasteiger partial charge in [0.1, 0.15) is 11.4 Å². The van der Waals surface area contributed by atoms with Gasteiger partial charge >= 0.3 is 12.1 Å². The maximum absolute atomic E-state index is 12.0. The van der Waals surface area contributed by atoms with E-state index in [4.69, 9.17) is 9.47 Å². The molecule has 2 atom stereocenters. The van der Waals surface area contributed by atoms with Crippen molar-refractivity contribution >= 4 is 12.1 Å². The molecule has 0 aliphatic heterocycles. The molecule has 0 bridgehead atoms. The first kappa shape index (κ1) is 19.1. The molecule has 0 fully saturated rings. The van der Waals surface area contributed by atoms with Gasteiger partial charge in [0, 0.05) is 6.54 Å². The number of carbonyl (C=O) groups excluding carboxylic acids is 2. The number of aromatic hydroxyl groups is 1. The Bertz CT molecular complexity index is 635. The van der Waals surface area contributed by atoms with E-state index in [1.54, 1.807) is 19.1 Å². The van der Waals surface area contributed by atoms with Gasteiger partial charge in [-0.05, 0) is 69.2 Å². The SMILES string of the molecule is CCOC(=O)CC1c2ccc(O)cc2CC1CNC(=O)OC(C)(C)C. The standard InChI is InChI=1S/C19H27NO5/c1-5-24-17(22)10-16-13(11-20-18(23)25-19(2,3)4)8-12-9-14(21)6-7-15(12)16/h6-7,9,13,16,21H,5,8,10-11H2,1-4H3,(H,20,23). The van der Waals surface area contributed by atoms with Crippen molar-refractivity contribution in [2.45, 2.75) is 52.1 Å². The van der Waals surface area contributed by atoms with E-state index in [9.17, 15) is 14.7 Å². The quantitative estimate of drug-likeness (QED) is 0.798. The van der Waals surface area contributed by atoms with E-state index in [1.807, 2.05) is 26.8 Å². The Morgan fingerprint density at radius 3 is 2.68 bits per heavy atom. The number of carbonyl (C=O) groups is 2. The van der Waals surface area contributed by atoms with Gasteiger partial charge in [0.05, 0.1) is 13.0 Å². The Hall–Kier alpha value is -2.24. The molecule has 6 heteroatoms. The second kappa shape index (κ2) is 7.76. The molecule has 6 nitrogen and oxygen atoms in total. The molecule has 0 saturated carbocycles. The summed E-state index contributed by atoms with van der Waals surface area (Å²) in [6, 6.07) is 5.20. The number of amides is 1. The van der Waals surface area contributed by atoms with Gasteiger partial charge in [-0.3, -0.25) is 4.79 Å². The number of fused-ring (bicyclic) bond motifs is 1. The molecule has 1 aromatic rings. The third-order valence-corrected chi connectivity index (χ3v) is 4.18. The molecule has 2 rings (SSSR count). The second-order valence-electron chi connectivity index (χ2n) is 7.35. The highest BCUT2D eigenvalue weighted by Gasteiger charge is 2.35. The monoisotopic (exact) mass is 349 g/mol. The number of ether oxygens (including phenoxy) is 2. The number of rotatable bonds is 5. The Kier molecular flexibility index (Phi) is 5.93. The summed E-state index contributed by atoms with van der Waals surface area (Å²) in [7, 11) is 0. The molecule has 0 heterocycles. The average Bonchev–Trinajstić information content (AvgIpc) is 2.80. The predicted molar refractivity (Wildman–Crippen MR) is 93.5 cm³/mol. The third kappa shape index (κ3) is 5.37. The zero-order chi connectivity index (χ0) is 18.6. The van der Waals surface area contributed by atoms with Gasteiger partial charge in [0.2, 0.25) is 0 Å². The number of hydrogen-bond donors (Lipinski definition) is 2. The summed E-state index contributed by atoms with van der Waals surface area (Å²) in [5, 5.41) is 12.5. The van der Waals surface area contributed by atoms with E-state index in [1.165, 1.54) is 0 Å². The van der Waals surface area contributed by atoms with Crippen LogP contribution in [0.25, 0.3) is 0 Å². The Labute approximate surface area is 148 Å². The van der Waals surface area contributed by atoms with Gasteiger partial charge in [-0.2, -0.15) is 0 Å². The van der Waals surface area contributed by atoms with Crippen molar-refractivity contribution in [3.63, 3.8) is 0 Å². The van der Waals surface area contributed by atoms with Crippen LogP contribution in [0.3, 0.4) is 0 Å². The van der Waals surface area contributed by atoms with E-state index >= 15 is 0 Å². The first-order chi connectivity index (χ1) is 11.7. The Morgan fingerprint density at radius 1 is 1.32 bits per heavy atom. The van der Waals surface area contributed by atoms with Crippen molar-refractivity contribution < 1.29 is 24.2 Å². The van der Waals surface area contributed by atoms with E-state index < -0.39 is 11.7 Å². The minimum atomic E-state index is -0.557. The molecular formula is C19H27NO5. The first-order valence-corrected chi connectivity index (χ1v) is 8.64. The normalized spacial score (nSPS) is 19.2. The summed E-state index contributed by atoms with van der Waals surface area (Å²) >= 11 is 0. The number of hydrogen-bond acceptors (Lipinski definition) is 5. The smallest absolute Gasteiger partial charge is 0.407 e. The molecule has 2 unspecified atom stereocenters. The Morgan fingerprint density at radius 2 is 2.04 bits per heavy atom. The van der Waals surface area contributed by atoms with Crippen LogP contribution in [-0.4, -0.2) is 35.9 Å². The molecule has 1 amide bonds. The van der Waals surface area contributed by atoms with Crippen LogP contribution in [0.2, 0.25) is 0 Å². The van der Waals surface area contributed by atoms with Gasteiger partial charge in [0.15, 0.2) is 0 Å². The molecule has 0 aromatic heterocycles. The number of phenols is 1. The van der Waals surface area contributed by atoms with Crippen LogP contribution in [0.15, 0.2) is 18.2 Å². The highest BCUT2D eigenvalue weighted by Crippen LogP contribution is 2.41. The van der Waals surface area contributed by atoms with Gasteiger partial charge < -0.3 is 19.9 Å². The van der Waals surface area contributed by atoms with Crippen LogP contribution in [0.4, 0.5) is 4.79 Å². The zero-order valence-corrected chi connectivity index (χ0v) is 15.3. The lowest BCUT2D eigenvalue weighted by atomic mass is 9.89. The van der Waals surface area contributed by atoms with E-state index in [-0.39, 0.29) is 30.0 Å². The number of esters is 1. The van der Waals surface area contributed by atoms with Crippen LogP contribution in [0.5, 0.6) is 5.75 Å². The molecule has 1 aliphatic rings. The fraction of sp³-hybridized carbons (Fsp3) is 0.579. The van der Waals surface area contributed by atoms with Crippen LogP contribution < -0.4 is 5.32 Å². The maximum atomic E-state index is 12.0. The number of alkyl carbamates (subject to hydrolysis) is 1. The second-order valence-corrected chi connectivity index (χ2v) is 7.35. The lowest BCUT2D eigenvalue weighted by Gasteiger charge is -2.23. The van der Waals surface area contributed by atoms with Crippen molar-refractivity contribution in [2.75, 3.05) is 13.2 Å². The van der Waals surface area contributed by atoms with Crippen LogP contribution in [0.1, 0.15) is 51.2 Å². The van der Waals surface area contributed by atoms with Crippen molar-refractivity contribution in [3.8, 4) is 5.75 Å². The van der Waals surface area contributed by atoms with Gasteiger partial charge in [0.25, 0.3) is 0 Å². The van der Waals surface area contributed by atoms with Crippen molar-refractivity contribution in [1.82, 2.24) is 5.32 Å². The van der Waals surface area contributed by atoms with Crippen LogP contribution >= 0.6 is 0 Å². The number of nitrogens with one attached hydrogen (secondary N) is 1. The lowest BCUT2D eigenvalue weighted by Crippen LogP contribution is -2.36. The molecule has 138 valence electrons. The molecule has 1 aliphatic carbocycles. The van der Waals surface area contributed by atoms with Crippen LogP contribution in [0, 0.1) is 5.92 Å². The topological polar surface area (TPSA) is 84.9 Å². The average molecular weight is 349 g/mol. The minimum absolute atomic E-state index is 0.0497. The molecule has 1 aromatic carbocycles. The number of benzene rings is 1. The maximum Gasteiger partial charge on any atom is 0.407 e. The molecule has 0 saturated heterocycles. The summed E-state index contributed by atoms with van der Waals surface area (Å²) in [6.07, 6.45) is 0.469.